The van der Waals surface area contributed by atoms with E-state index in [9.17, 15) is 4.79 Å². The molecule has 0 fully saturated rings. The number of hydrogen-bond donors (Lipinski definition) is 3. The molecule has 0 aliphatic carbocycles. The molecule has 9 heavy (non-hydrogen) atoms. The van der Waals surface area contributed by atoms with Crippen molar-refractivity contribution in [3.63, 3.8) is 0 Å². The molecule has 0 radical (unpaired) electrons. The molecule has 3 N–H and O–H groups in total. The van der Waals surface area contributed by atoms with Crippen LogP contribution < -0.4 is 5.73 Å². The SMILES string of the molecule is [2H]C([2H])([2H])C(S)([C@H](N)C(=O)O)C([2H])([2H])[2H]. The number of rotatable bonds is 2. The first-order chi connectivity index (χ1) is 6.35. The second-order valence-corrected chi connectivity index (χ2v) is 2.29. The van der Waals surface area contributed by atoms with Crippen LogP contribution in [0.5, 0.6) is 0 Å². The lowest BCUT2D eigenvalue weighted by atomic mass is 10.1. The van der Waals surface area contributed by atoms with Gasteiger partial charge in [0.2, 0.25) is 0 Å². The van der Waals surface area contributed by atoms with Gasteiger partial charge in [0.25, 0.3) is 0 Å². The van der Waals surface area contributed by atoms with E-state index in [1.165, 1.54) is 0 Å². The zero-order chi connectivity index (χ0) is 12.7. The van der Waals surface area contributed by atoms with Crippen LogP contribution in [-0.2, 0) is 4.79 Å². The number of carbonyl (C=O) groups is 1. The standard InChI is InChI=1S/C5H11NO2S/c1-5(2,9)3(6)4(7)8/h3,9H,6H2,1-2H3,(H,7,8)/t3-/m1/s1/i1D3,2D3. The number of carboxylic acids is 1. The fraction of sp³-hybridized carbons (Fsp3) is 0.800. The number of hydrogen-bond acceptors (Lipinski definition) is 3. The predicted octanol–water partition coefficient (Wildman–Crippen LogP) is 0.107. The maximum Gasteiger partial charge on any atom is 0.321 e. The summed E-state index contributed by atoms with van der Waals surface area (Å²) in [4.78, 5) is 10.6. The van der Waals surface area contributed by atoms with Crippen molar-refractivity contribution in [1.29, 1.82) is 0 Å². The molecule has 1 atom stereocenters. The first-order valence-corrected chi connectivity index (χ1v) is 2.51. The predicted molar refractivity (Wildman–Crippen MR) is 38.7 cm³/mol. The van der Waals surface area contributed by atoms with Crippen LogP contribution in [0.25, 0.3) is 0 Å². The molecule has 0 aromatic heterocycles. The van der Waals surface area contributed by atoms with E-state index in [4.69, 9.17) is 19.1 Å². The lowest BCUT2D eigenvalue weighted by Crippen LogP contribution is -2.45. The van der Waals surface area contributed by atoms with Crippen LogP contribution in [0.4, 0.5) is 0 Å². The highest BCUT2D eigenvalue weighted by molar-refractivity contribution is 7.81. The van der Waals surface area contributed by atoms with Gasteiger partial charge in [-0.2, -0.15) is 12.6 Å². The quantitative estimate of drug-likeness (QED) is 0.496. The maximum absolute atomic E-state index is 10.6. The number of nitrogens with two attached hydrogens (primary N) is 1. The lowest BCUT2D eigenvalue weighted by molar-refractivity contribution is -0.139. The maximum atomic E-state index is 10.6. The molecule has 3 nitrogen and oxygen atoms in total. The van der Waals surface area contributed by atoms with Crippen molar-refractivity contribution in [3.05, 3.63) is 0 Å². The van der Waals surface area contributed by atoms with Crippen LogP contribution in [0.3, 0.4) is 0 Å². The van der Waals surface area contributed by atoms with E-state index in [0.717, 1.165) is 0 Å². The van der Waals surface area contributed by atoms with Gasteiger partial charge in [0, 0.05) is 13.0 Å². The number of carboxylic acid groups (broad SMARTS) is 1. The van der Waals surface area contributed by atoms with Crippen molar-refractivity contribution in [3.8, 4) is 0 Å². The smallest absolute Gasteiger partial charge is 0.321 e. The van der Waals surface area contributed by atoms with Crippen LogP contribution in [-0.4, -0.2) is 21.9 Å². The molecule has 0 heterocycles. The molecule has 0 bridgehead atoms. The van der Waals surface area contributed by atoms with Crippen molar-refractivity contribution in [1.82, 2.24) is 0 Å². The Morgan fingerprint density at radius 1 is 2.00 bits per heavy atom. The third-order valence-corrected chi connectivity index (χ3v) is 0.994. The summed E-state index contributed by atoms with van der Waals surface area (Å²) in [5.41, 5.74) is 5.07. The Morgan fingerprint density at radius 2 is 2.44 bits per heavy atom. The summed E-state index contributed by atoms with van der Waals surface area (Å²) in [5, 5.41) is 8.57. The van der Waals surface area contributed by atoms with Gasteiger partial charge in [0.15, 0.2) is 0 Å². The molecule has 0 unspecified atom stereocenters. The summed E-state index contributed by atoms with van der Waals surface area (Å²) < 4.78 is 39.3. The van der Waals surface area contributed by atoms with Crippen LogP contribution in [0.15, 0.2) is 0 Å². The van der Waals surface area contributed by atoms with E-state index >= 15 is 0 Å². The fourth-order valence-electron chi connectivity index (χ4n) is 0.179. The molecule has 0 aromatic carbocycles. The van der Waals surface area contributed by atoms with Crippen molar-refractivity contribution >= 4 is 18.6 Å². The summed E-state index contributed by atoms with van der Waals surface area (Å²) in [6.07, 6.45) is 0. The van der Waals surface area contributed by atoms with Crippen molar-refractivity contribution in [2.45, 2.75) is 24.5 Å². The average molecular weight is 155 g/mol. The molecule has 0 saturated carbocycles. The summed E-state index contributed by atoms with van der Waals surface area (Å²) in [6.45, 7) is -6.22. The van der Waals surface area contributed by atoms with Crippen LogP contribution in [0, 0.1) is 0 Å². The molecule has 0 aliphatic rings. The van der Waals surface area contributed by atoms with Crippen LogP contribution in [0.2, 0.25) is 0 Å². The minimum absolute atomic E-state index is 1.72. The summed E-state index contributed by atoms with van der Waals surface area (Å²) in [5.74, 6) is -1.72. The molecular weight excluding hydrogens is 138 g/mol. The molecule has 0 aromatic rings. The number of aliphatic carboxylic acids is 1. The van der Waals surface area contributed by atoms with Gasteiger partial charge in [0.05, 0.1) is 0 Å². The third-order valence-electron chi connectivity index (χ3n) is 0.716. The Balaban J connectivity index is 5.53. The Morgan fingerprint density at radius 3 is 2.56 bits per heavy atom. The van der Waals surface area contributed by atoms with Crippen molar-refractivity contribution in [2.24, 2.45) is 5.73 Å². The molecule has 0 rings (SSSR count). The van der Waals surface area contributed by atoms with Gasteiger partial charge in [-0.05, 0) is 13.7 Å². The van der Waals surface area contributed by atoms with E-state index in [0.29, 0.717) is 0 Å². The highest BCUT2D eigenvalue weighted by Crippen LogP contribution is 2.15. The van der Waals surface area contributed by atoms with Gasteiger partial charge >= 0.3 is 5.97 Å². The van der Waals surface area contributed by atoms with Gasteiger partial charge in [0.1, 0.15) is 6.04 Å². The summed E-state index contributed by atoms with van der Waals surface area (Å²) in [7, 11) is 0. The molecule has 0 amide bonds. The number of thiol groups is 1. The third kappa shape index (κ3) is 2.72. The van der Waals surface area contributed by atoms with E-state index in [2.05, 4.69) is 12.6 Å². The van der Waals surface area contributed by atoms with E-state index < -0.39 is 30.5 Å². The minimum atomic E-state index is -3.11. The van der Waals surface area contributed by atoms with Gasteiger partial charge < -0.3 is 10.8 Å². The average Bonchev–Trinajstić information content (AvgIpc) is 1.96. The first-order valence-electron chi connectivity index (χ1n) is 5.06. The molecule has 0 aliphatic heterocycles. The second-order valence-electron chi connectivity index (χ2n) is 1.58. The van der Waals surface area contributed by atoms with E-state index in [1.54, 1.807) is 0 Å². The molecule has 0 spiro atoms. The first kappa shape index (κ1) is 2.80. The normalized spacial score (nSPS) is 27.8. The monoisotopic (exact) mass is 155 g/mol. The molecule has 4 heteroatoms. The van der Waals surface area contributed by atoms with E-state index in [-0.39, 0.29) is 0 Å². The summed E-state index contributed by atoms with van der Waals surface area (Å²) >= 11 is 3.48. The topological polar surface area (TPSA) is 63.3 Å². The molecule has 0 saturated heterocycles. The minimum Gasteiger partial charge on any atom is -0.480 e. The van der Waals surface area contributed by atoms with Crippen LogP contribution in [0.1, 0.15) is 21.9 Å². The largest absolute Gasteiger partial charge is 0.480 e. The summed E-state index contributed by atoms with van der Waals surface area (Å²) in [6, 6.07) is -2.11. The Bertz CT molecular complexity index is 247. The Hall–Kier alpha value is -0.220. The van der Waals surface area contributed by atoms with Crippen molar-refractivity contribution in [2.75, 3.05) is 0 Å². The second kappa shape index (κ2) is 2.58. The van der Waals surface area contributed by atoms with Gasteiger partial charge in [-0.25, -0.2) is 0 Å². The van der Waals surface area contributed by atoms with Gasteiger partial charge in [-0.15, -0.1) is 0 Å². The molecule has 54 valence electrons. The molecular formula is C5H11NO2S. The zero-order valence-corrected chi connectivity index (χ0v) is 5.35. The van der Waals surface area contributed by atoms with Gasteiger partial charge in [-0.3, -0.25) is 4.79 Å². The zero-order valence-electron chi connectivity index (χ0n) is 10.5. The Kier molecular flexibility index (Phi) is 0.801. The van der Waals surface area contributed by atoms with Crippen molar-refractivity contribution < 1.29 is 18.1 Å². The van der Waals surface area contributed by atoms with E-state index in [1.807, 2.05) is 0 Å². The van der Waals surface area contributed by atoms with Gasteiger partial charge in [-0.1, -0.05) is 0 Å². The lowest BCUT2D eigenvalue weighted by Gasteiger charge is -2.21. The fourth-order valence-corrected chi connectivity index (χ4v) is 0.289. The highest BCUT2D eigenvalue weighted by Gasteiger charge is 2.27. The highest BCUT2D eigenvalue weighted by atomic mass is 32.1. The Labute approximate surface area is 68.1 Å². The van der Waals surface area contributed by atoms with Crippen LogP contribution >= 0.6 is 12.6 Å².